The zero-order valence-corrected chi connectivity index (χ0v) is 49.6. The number of aliphatic imine (C=N–C) groups is 2. The zero-order valence-electron chi connectivity index (χ0n) is 47.2. The lowest BCUT2D eigenvalue weighted by molar-refractivity contribution is -0.140. The number of aromatic hydroxyl groups is 1. The minimum Gasteiger partial charge on any atom is -0.505 e. The normalized spacial score (nSPS) is 15.9. The summed E-state index contributed by atoms with van der Waals surface area (Å²) in [6.45, 7) is 13.9. The average Bonchev–Trinajstić information content (AvgIpc) is 4.39. The lowest BCUT2D eigenvalue weighted by Crippen LogP contribution is -2.50. The van der Waals surface area contributed by atoms with E-state index in [0.717, 1.165) is 27.6 Å². The summed E-state index contributed by atoms with van der Waals surface area (Å²) < 4.78 is 51.6. The predicted molar refractivity (Wildman–Crippen MR) is 324 cm³/mol. The van der Waals surface area contributed by atoms with Gasteiger partial charge in [-0.2, -0.15) is 0 Å². The summed E-state index contributed by atoms with van der Waals surface area (Å²) in [5.74, 6) is 1.41. The van der Waals surface area contributed by atoms with Gasteiger partial charge in [-0.15, -0.1) is 16.4 Å². The van der Waals surface area contributed by atoms with Crippen LogP contribution in [0.15, 0.2) is 93.5 Å². The number of carbonyl (C=O) groups excluding carboxylic acids is 4. The molecule has 1 saturated heterocycles. The van der Waals surface area contributed by atoms with E-state index in [2.05, 4.69) is 40.4 Å². The molecule has 1 fully saturated rings. The van der Waals surface area contributed by atoms with Gasteiger partial charge < -0.3 is 36.5 Å². The summed E-state index contributed by atoms with van der Waals surface area (Å²) in [5, 5.41) is 20.8. The topological polar surface area (TPSA) is 302 Å². The zero-order chi connectivity index (χ0) is 59.7. The van der Waals surface area contributed by atoms with E-state index in [0.29, 0.717) is 70.7 Å². The number of aromatic nitrogens is 3. The highest BCUT2D eigenvalue weighted by molar-refractivity contribution is 7.90. The maximum Gasteiger partial charge on any atom is 0.284 e. The van der Waals surface area contributed by atoms with Crippen LogP contribution >= 0.6 is 22.7 Å². The summed E-state index contributed by atoms with van der Waals surface area (Å²) in [7, 11) is -4.34. The second kappa shape index (κ2) is 26.8. The van der Waals surface area contributed by atoms with Crippen LogP contribution in [0.2, 0.25) is 0 Å². The minimum atomic E-state index is -4.34. The Bertz CT molecular complexity index is 3620. The molecular weight excluding hydrogens is 1120 g/mol. The Balaban J connectivity index is 0.904. The van der Waals surface area contributed by atoms with E-state index in [4.69, 9.17) is 21.3 Å². The van der Waals surface area contributed by atoms with Gasteiger partial charge in [-0.3, -0.25) is 34.5 Å². The Hall–Kier alpha value is -8.16. The molecular formula is C58H68FN13O8S3. The first kappa shape index (κ1) is 60.9. The largest absolute Gasteiger partial charge is 0.505 e. The quantitative estimate of drug-likeness (QED) is 0.0131. The molecule has 21 nitrogen and oxygen atoms in total. The number of likely N-dealkylation sites (tertiary alicyclic amines) is 1. The number of nitrogens with zero attached hydrogens (tertiary/aromatic N) is 8. The number of para-hydroxylation sites is 1. The number of carbonyl (C=O) groups is 4. The molecule has 2 aliphatic heterocycles. The number of amides is 4. The summed E-state index contributed by atoms with van der Waals surface area (Å²) in [5.41, 5.74) is 12.7. The molecule has 8 rings (SSSR count). The van der Waals surface area contributed by atoms with Crippen LogP contribution in [0.25, 0.3) is 26.2 Å². The number of allylic oxidation sites excluding steroid dienone is 1. The smallest absolute Gasteiger partial charge is 0.284 e. The first-order chi connectivity index (χ1) is 39.7. The van der Waals surface area contributed by atoms with Crippen LogP contribution in [0.3, 0.4) is 0 Å². The third-order valence-corrected chi connectivity index (χ3v) is 17.4. The molecule has 4 amide bonds. The number of hydrogen-bond donors (Lipinski definition) is 6. The van der Waals surface area contributed by atoms with E-state index in [9.17, 15) is 32.7 Å². The Kier molecular flexibility index (Phi) is 19.7. The third kappa shape index (κ3) is 14.4. The number of nitrogens with one attached hydrogen (secondary N) is 3. The number of nitrogens with two attached hydrogens (primary N) is 2. The lowest BCUT2D eigenvalue weighted by atomic mass is 9.94. The predicted octanol–water partition coefficient (Wildman–Crippen LogP) is 7.90. The van der Waals surface area contributed by atoms with Crippen molar-refractivity contribution in [1.82, 2.24) is 29.9 Å². The molecule has 438 valence electrons. The molecule has 3 aromatic carbocycles. The van der Waals surface area contributed by atoms with Crippen LogP contribution in [-0.4, -0.2) is 119 Å². The number of phenolic OH excluding ortho intramolecular Hbond substituents is 1. The molecule has 0 aliphatic carbocycles. The number of hydrazone groups is 1. The van der Waals surface area contributed by atoms with Gasteiger partial charge in [0.15, 0.2) is 16.7 Å². The van der Waals surface area contributed by atoms with Crippen molar-refractivity contribution in [3.8, 4) is 16.2 Å². The Morgan fingerprint density at radius 3 is 2.48 bits per heavy atom. The Morgan fingerprint density at radius 1 is 0.988 bits per heavy atom. The fourth-order valence-corrected chi connectivity index (χ4v) is 12.5. The highest BCUT2D eigenvalue weighted by Crippen LogP contribution is 2.38. The van der Waals surface area contributed by atoms with Crippen molar-refractivity contribution in [1.29, 1.82) is 0 Å². The SMILES string of the molecule is CC(=NCC(C)C)/C(=C\N)c1ccc(N2CCc3cccc(C(=O)Nc4nc5ccccc5s4)c3C2)nc1C(=O)NS(=O)(=O)CCCO/C(C=N[C@H](C(=O)N1CCC[C@H]1C(=O)N[C@@H](C)c1ccc(-c2scnc2C)c(F)c1O)C(C)C)=N/N. The molecule has 0 radical (unpaired) electrons. The molecule has 0 bridgehead atoms. The molecule has 0 saturated carbocycles. The molecule has 0 unspecified atom stereocenters. The van der Waals surface area contributed by atoms with Crippen molar-refractivity contribution in [2.24, 2.45) is 38.5 Å². The molecule has 5 heterocycles. The van der Waals surface area contributed by atoms with Crippen molar-refractivity contribution in [3.63, 3.8) is 0 Å². The molecule has 3 aromatic heterocycles. The van der Waals surface area contributed by atoms with Gasteiger partial charge in [0, 0.05) is 65.9 Å². The number of rotatable bonds is 21. The van der Waals surface area contributed by atoms with E-state index in [1.165, 1.54) is 39.8 Å². The summed E-state index contributed by atoms with van der Waals surface area (Å²) in [4.78, 5) is 82.5. The van der Waals surface area contributed by atoms with Crippen LogP contribution in [-0.2, 0) is 37.3 Å². The number of phenols is 1. The Morgan fingerprint density at radius 2 is 1.77 bits per heavy atom. The summed E-state index contributed by atoms with van der Waals surface area (Å²) in [6, 6.07) is 17.0. The van der Waals surface area contributed by atoms with Gasteiger partial charge in [0.2, 0.25) is 27.7 Å². The van der Waals surface area contributed by atoms with Crippen molar-refractivity contribution in [3.05, 3.63) is 123 Å². The molecule has 3 atom stereocenters. The maximum absolute atomic E-state index is 15.4. The number of benzene rings is 3. The van der Waals surface area contributed by atoms with Crippen LogP contribution in [0.4, 0.5) is 15.3 Å². The monoisotopic (exact) mass is 1190 g/mol. The molecule has 25 heteroatoms. The van der Waals surface area contributed by atoms with Crippen molar-refractivity contribution < 1.29 is 41.8 Å². The van der Waals surface area contributed by atoms with Gasteiger partial charge in [0.05, 0.1) is 50.9 Å². The van der Waals surface area contributed by atoms with Crippen molar-refractivity contribution in [2.75, 3.05) is 42.2 Å². The van der Waals surface area contributed by atoms with E-state index in [1.807, 2.05) is 55.1 Å². The number of anilines is 2. The van der Waals surface area contributed by atoms with E-state index < -0.39 is 63.2 Å². The minimum absolute atomic E-state index is 0.136. The lowest BCUT2D eigenvalue weighted by Gasteiger charge is -2.31. The number of sulfonamides is 1. The number of hydrogen-bond acceptors (Lipinski definition) is 19. The van der Waals surface area contributed by atoms with E-state index in [-0.39, 0.29) is 72.1 Å². The average molecular weight is 1190 g/mol. The van der Waals surface area contributed by atoms with Crippen molar-refractivity contribution in [2.45, 2.75) is 98.8 Å². The molecule has 83 heavy (non-hydrogen) atoms. The van der Waals surface area contributed by atoms with Gasteiger partial charge in [0.1, 0.15) is 23.6 Å². The molecule has 2 aliphatic rings. The summed E-state index contributed by atoms with van der Waals surface area (Å²) >= 11 is 2.62. The van der Waals surface area contributed by atoms with Gasteiger partial charge in [-0.05, 0) is 106 Å². The van der Waals surface area contributed by atoms with Crippen LogP contribution in [0.5, 0.6) is 5.75 Å². The van der Waals surface area contributed by atoms with Gasteiger partial charge in [-0.1, -0.05) is 69.4 Å². The highest BCUT2D eigenvalue weighted by atomic mass is 32.2. The first-order valence-corrected chi connectivity index (χ1v) is 30.5. The summed E-state index contributed by atoms with van der Waals surface area (Å²) in [6.07, 6.45) is 3.78. The number of aryl methyl sites for hydroxylation is 1. The van der Waals surface area contributed by atoms with Crippen LogP contribution < -0.4 is 31.8 Å². The van der Waals surface area contributed by atoms with Crippen molar-refractivity contribution >= 4 is 101 Å². The van der Waals surface area contributed by atoms with Crippen LogP contribution in [0.1, 0.15) is 116 Å². The number of ether oxygens (including phenoxy) is 1. The van der Waals surface area contributed by atoms with Gasteiger partial charge >= 0.3 is 0 Å². The second-order valence-electron chi connectivity index (χ2n) is 21.0. The number of halogens is 1. The second-order valence-corrected chi connectivity index (χ2v) is 24.7. The first-order valence-electron chi connectivity index (χ1n) is 27.2. The Labute approximate surface area is 489 Å². The van der Waals surface area contributed by atoms with Gasteiger partial charge in [-0.25, -0.2) is 32.5 Å². The molecule has 8 N–H and O–H groups in total. The van der Waals surface area contributed by atoms with Gasteiger partial charge in [0.25, 0.3) is 11.8 Å². The maximum atomic E-state index is 15.4. The standard InChI is InChI=1S/C58H68FN13O8S3/c1-32(2)28-62-34(5)42(27-60)39-20-21-47(71-24-22-37-13-10-14-40(43(37)30-71)54(74)68-58-66-44-15-8-9-17-46(44)82-58)67-51(39)56(76)70-83(78,79)26-12-25-80-48(69-61)29-63-50(33(3)4)57(77)72-23-11-16-45(72)55(75)65-35(6)38-18-19-41(49(59)52(38)73)53-36(7)64-31-81-53/h8-10,13-15,17-21,27,29,31-33,35,45,50,73H,11-12,16,22-26,28,30,60-61H2,1-7H3,(H,65,75)(H,70,76)(H,66,68,74)/b42-27+,62-34?,63-29?,69-48+/t35-,45-,50-/m0/s1. The number of thiazole rings is 2. The fraction of sp³-hybridized carbons (Fsp3) is 0.379. The van der Waals surface area contributed by atoms with E-state index in [1.54, 1.807) is 64.4 Å². The molecule has 6 aromatic rings. The molecule has 0 spiro atoms. The van der Waals surface area contributed by atoms with E-state index >= 15 is 4.39 Å². The number of pyridine rings is 1. The number of fused-ring (bicyclic) bond motifs is 2. The third-order valence-electron chi connectivity index (χ3n) is 14.2. The fourth-order valence-electron chi connectivity index (χ4n) is 9.87. The van der Waals surface area contributed by atoms with Crippen LogP contribution in [0, 0.1) is 24.6 Å². The highest BCUT2D eigenvalue weighted by Gasteiger charge is 2.39.